The minimum atomic E-state index is 0.00650. The molecule has 0 amide bonds. The summed E-state index contributed by atoms with van der Waals surface area (Å²) in [5.74, 6) is 1.10. The molecular formula is C13H24N2S. The maximum absolute atomic E-state index is 4.78. The quantitative estimate of drug-likeness (QED) is 0.848. The Balaban J connectivity index is 3.03. The average molecular weight is 240 g/mol. The van der Waals surface area contributed by atoms with Gasteiger partial charge in [-0.2, -0.15) is 0 Å². The van der Waals surface area contributed by atoms with Crippen molar-refractivity contribution in [3.05, 3.63) is 16.1 Å². The highest BCUT2D eigenvalue weighted by Crippen LogP contribution is 2.34. The minimum absolute atomic E-state index is 0.00650. The molecule has 3 heteroatoms. The van der Waals surface area contributed by atoms with Crippen molar-refractivity contribution in [2.75, 3.05) is 7.05 Å². The summed E-state index contributed by atoms with van der Waals surface area (Å²) in [7, 11) is 2.03. The van der Waals surface area contributed by atoms with E-state index in [1.54, 1.807) is 11.3 Å². The monoisotopic (exact) mass is 240 g/mol. The highest BCUT2D eigenvalue weighted by Gasteiger charge is 2.33. The van der Waals surface area contributed by atoms with Crippen LogP contribution in [0.15, 0.2) is 5.38 Å². The van der Waals surface area contributed by atoms with Gasteiger partial charge < -0.3 is 5.32 Å². The van der Waals surface area contributed by atoms with Crippen LogP contribution in [-0.2, 0) is 5.54 Å². The number of nitrogens with zero attached hydrogens (tertiary/aromatic N) is 1. The fraction of sp³-hybridized carbons (Fsp3) is 0.769. The molecule has 0 aromatic carbocycles. The molecule has 16 heavy (non-hydrogen) atoms. The second-order valence-corrected chi connectivity index (χ2v) is 5.85. The molecule has 0 aliphatic heterocycles. The van der Waals surface area contributed by atoms with Crippen LogP contribution in [0, 0.1) is 5.92 Å². The Morgan fingerprint density at radius 3 is 2.44 bits per heavy atom. The predicted molar refractivity (Wildman–Crippen MR) is 72.1 cm³/mol. The second-order valence-electron chi connectivity index (χ2n) is 4.99. The van der Waals surface area contributed by atoms with Crippen LogP contribution in [0.5, 0.6) is 0 Å². The van der Waals surface area contributed by atoms with Gasteiger partial charge in [0.1, 0.15) is 5.01 Å². The summed E-state index contributed by atoms with van der Waals surface area (Å²) in [5, 5.41) is 6.85. The predicted octanol–water partition coefficient (Wildman–Crippen LogP) is 3.75. The van der Waals surface area contributed by atoms with Crippen molar-refractivity contribution in [2.45, 2.75) is 52.5 Å². The number of rotatable bonds is 5. The lowest BCUT2D eigenvalue weighted by molar-refractivity contribution is 0.258. The fourth-order valence-corrected chi connectivity index (χ4v) is 3.03. The van der Waals surface area contributed by atoms with Crippen molar-refractivity contribution in [2.24, 2.45) is 5.92 Å². The summed E-state index contributed by atoms with van der Waals surface area (Å²) in [4.78, 5) is 4.78. The standard InChI is InChI=1S/C13H24N2S/c1-7-10(4)13(5,14-6)12-15-11(8-16-12)9(2)3/h8-10,14H,7H2,1-6H3. The Morgan fingerprint density at radius 1 is 1.44 bits per heavy atom. The molecule has 0 fully saturated rings. The van der Waals surface area contributed by atoms with Crippen molar-refractivity contribution >= 4 is 11.3 Å². The highest BCUT2D eigenvalue weighted by atomic mass is 32.1. The number of nitrogens with one attached hydrogen (secondary N) is 1. The number of hydrogen-bond donors (Lipinski definition) is 1. The summed E-state index contributed by atoms with van der Waals surface area (Å²) >= 11 is 1.78. The normalized spacial score (nSPS) is 17.4. The van der Waals surface area contributed by atoms with Crippen LogP contribution in [0.4, 0.5) is 0 Å². The van der Waals surface area contributed by atoms with Crippen molar-refractivity contribution in [3.63, 3.8) is 0 Å². The fourth-order valence-electron chi connectivity index (χ4n) is 1.76. The van der Waals surface area contributed by atoms with Crippen LogP contribution >= 0.6 is 11.3 Å². The van der Waals surface area contributed by atoms with Gasteiger partial charge in [-0.1, -0.05) is 34.1 Å². The van der Waals surface area contributed by atoms with E-state index < -0.39 is 0 Å². The minimum Gasteiger partial charge on any atom is -0.308 e. The summed E-state index contributed by atoms with van der Waals surface area (Å²) in [6, 6.07) is 0. The molecule has 1 aromatic rings. The van der Waals surface area contributed by atoms with Gasteiger partial charge in [0.05, 0.1) is 11.2 Å². The first-order valence-electron chi connectivity index (χ1n) is 6.10. The molecule has 2 atom stereocenters. The number of aromatic nitrogens is 1. The van der Waals surface area contributed by atoms with Gasteiger partial charge in [-0.25, -0.2) is 4.98 Å². The Bertz CT molecular complexity index is 332. The molecule has 1 N–H and O–H groups in total. The van der Waals surface area contributed by atoms with E-state index in [0.717, 1.165) is 6.42 Å². The van der Waals surface area contributed by atoms with E-state index >= 15 is 0 Å². The largest absolute Gasteiger partial charge is 0.308 e. The topological polar surface area (TPSA) is 24.9 Å². The zero-order valence-corrected chi connectivity index (χ0v) is 12.1. The number of thiazole rings is 1. The van der Waals surface area contributed by atoms with E-state index in [1.165, 1.54) is 10.7 Å². The lowest BCUT2D eigenvalue weighted by atomic mass is 9.86. The maximum Gasteiger partial charge on any atom is 0.113 e. The van der Waals surface area contributed by atoms with E-state index in [9.17, 15) is 0 Å². The molecule has 92 valence electrons. The second kappa shape index (κ2) is 5.28. The highest BCUT2D eigenvalue weighted by molar-refractivity contribution is 7.09. The SMILES string of the molecule is CCC(C)C(C)(NC)c1nc(C(C)C)cs1. The Kier molecular flexibility index (Phi) is 4.51. The third-order valence-corrected chi connectivity index (χ3v) is 4.77. The van der Waals surface area contributed by atoms with E-state index in [2.05, 4.69) is 45.3 Å². The van der Waals surface area contributed by atoms with Crippen LogP contribution in [0.1, 0.15) is 57.7 Å². The van der Waals surface area contributed by atoms with Crippen molar-refractivity contribution in [1.82, 2.24) is 10.3 Å². The van der Waals surface area contributed by atoms with Crippen molar-refractivity contribution in [3.8, 4) is 0 Å². The van der Waals surface area contributed by atoms with Crippen LogP contribution in [0.2, 0.25) is 0 Å². The molecule has 0 radical (unpaired) electrons. The molecule has 0 aliphatic rings. The van der Waals surface area contributed by atoms with Crippen LogP contribution < -0.4 is 5.32 Å². The van der Waals surface area contributed by atoms with Crippen LogP contribution in [0.25, 0.3) is 0 Å². The van der Waals surface area contributed by atoms with Gasteiger partial charge in [0.15, 0.2) is 0 Å². The molecule has 2 nitrogen and oxygen atoms in total. The molecule has 0 bridgehead atoms. The Hall–Kier alpha value is -0.410. The first-order valence-corrected chi connectivity index (χ1v) is 6.98. The zero-order chi connectivity index (χ0) is 12.3. The maximum atomic E-state index is 4.78. The molecule has 0 saturated heterocycles. The van der Waals surface area contributed by atoms with Crippen LogP contribution in [0.3, 0.4) is 0 Å². The molecule has 0 spiro atoms. The molecule has 2 unspecified atom stereocenters. The van der Waals surface area contributed by atoms with Gasteiger partial charge in [0, 0.05) is 5.38 Å². The Morgan fingerprint density at radius 2 is 2.06 bits per heavy atom. The average Bonchev–Trinajstić information content (AvgIpc) is 2.76. The van der Waals surface area contributed by atoms with Gasteiger partial charge in [-0.15, -0.1) is 11.3 Å². The summed E-state index contributed by atoms with van der Waals surface area (Å²) in [6.45, 7) is 11.2. The molecule has 0 saturated carbocycles. The van der Waals surface area contributed by atoms with Crippen molar-refractivity contribution in [1.29, 1.82) is 0 Å². The third-order valence-electron chi connectivity index (χ3n) is 3.68. The molecular weight excluding hydrogens is 216 g/mol. The number of hydrogen-bond acceptors (Lipinski definition) is 3. The Labute approximate surface area is 103 Å². The smallest absolute Gasteiger partial charge is 0.113 e. The molecule has 0 aliphatic carbocycles. The van der Waals surface area contributed by atoms with E-state index in [-0.39, 0.29) is 5.54 Å². The van der Waals surface area contributed by atoms with Gasteiger partial charge in [0.25, 0.3) is 0 Å². The lowest BCUT2D eigenvalue weighted by Gasteiger charge is -2.33. The summed E-state index contributed by atoms with van der Waals surface area (Å²) in [6.07, 6.45) is 1.16. The lowest BCUT2D eigenvalue weighted by Crippen LogP contribution is -2.42. The van der Waals surface area contributed by atoms with Gasteiger partial charge in [-0.05, 0) is 25.8 Å². The van der Waals surface area contributed by atoms with E-state index in [1.807, 2.05) is 7.05 Å². The van der Waals surface area contributed by atoms with Crippen molar-refractivity contribution < 1.29 is 0 Å². The zero-order valence-electron chi connectivity index (χ0n) is 11.3. The molecule has 1 heterocycles. The molecule has 1 aromatic heterocycles. The third kappa shape index (κ3) is 2.46. The first-order chi connectivity index (χ1) is 7.45. The first kappa shape index (κ1) is 13.7. The van der Waals surface area contributed by atoms with Gasteiger partial charge in [0.2, 0.25) is 0 Å². The molecule has 1 rings (SSSR count). The summed E-state index contributed by atoms with van der Waals surface area (Å²) < 4.78 is 0. The van der Waals surface area contributed by atoms with Crippen LogP contribution in [-0.4, -0.2) is 12.0 Å². The van der Waals surface area contributed by atoms with E-state index in [4.69, 9.17) is 4.98 Å². The summed E-state index contributed by atoms with van der Waals surface area (Å²) in [5.41, 5.74) is 1.22. The van der Waals surface area contributed by atoms with Gasteiger partial charge in [-0.3, -0.25) is 0 Å². The van der Waals surface area contributed by atoms with E-state index in [0.29, 0.717) is 11.8 Å². The van der Waals surface area contributed by atoms with Gasteiger partial charge >= 0.3 is 0 Å².